The van der Waals surface area contributed by atoms with Crippen LogP contribution in [0.25, 0.3) is 0 Å². The average molecular weight is 265 g/mol. The summed E-state index contributed by atoms with van der Waals surface area (Å²) in [6.07, 6.45) is 4.31. The third-order valence-corrected chi connectivity index (χ3v) is 2.60. The lowest BCUT2D eigenvalue weighted by Crippen LogP contribution is -2.12. The molecule has 0 aliphatic carbocycles. The van der Waals surface area contributed by atoms with Crippen LogP contribution in [0.15, 0.2) is 30.6 Å². The molecule has 1 amide bonds. The Bertz CT molecular complexity index is 595. The van der Waals surface area contributed by atoms with Gasteiger partial charge in [0.05, 0.1) is 6.20 Å². The number of aryl methyl sites for hydroxylation is 2. The molecular weight excluding hydrogens is 252 g/mol. The molecule has 1 aromatic carbocycles. The summed E-state index contributed by atoms with van der Waals surface area (Å²) in [4.78, 5) is 11.6. The molecule has 0 aliphatic heterocycles. The molecule has 4 nitrogen and oxygen atoms in total. The predicted octanol–water partition coefficient (Wildman–Crippen LogP) is 2.27. The molecule has 2 rings (SSSR count). The molecule has 6 heteroatoms. The van der Waals surface area contributed by atoms with Crippen LogP contribution in [0.1, 0.15) is 12.0 Å². The maximum absolute atomic E-state index is 12.9. The van der Waals surface area contributed by atoms with Gasteiger partial charge in [-0.15, -0.1) is 0 Å². The van der Waals surface area contributed by atoms with Gasteiger partial charge in [0.25, 0.3) is 0 Å². The highest BCUT2D eigenvalue weighted by atomic mass is 19.2. The van der Waals surface area contributed by atoms with Gasteiger partial charge in [-0.05, 0) is 24.1 Å². The van der Waals surface area contributed by atoms with Gasteiger partial charge in [0, 0.05) is 31.4 Å². The molecule has 0 spiro atoms. The van der Waals surface area contributed by atoms with Crippen molar-refractivity contribution >= 4 is 11.6 Å². The first kappa shape index (κ1) is 13.2. The normalized spacial score (nSPS) is 10.5. The lowest BCUT2D eigenvalue weighted by atomic mass is 10.2. The van der Waals surface area contributed by atoms with Crippen LogP contribution in [0, 0.1) is 11.6 Å². The van der Waals surface area contributed by atoms with E-state index < -0.39 is 11.6 Å². The molecule has 0 fully saturated rings. The molecular formula is C13H13F2N3O. The largest absolute Gasteiger partial charge is 0.326 e. The lowest BCUT2D eigenvalue weighted by Gasteiger charge is -2.04. The smallest absolute Gasteiger partial charge is 0.224 e. The molecule has 0 unspecified atom stereocenters. The van der Waals surface area contributed by atoms with Crippen LogP contribution in [0.5, 0.6) is 0 Å². The highest BCUT2D eigenvalue weighted by molar-refractivity contribution is 5.90. The Labute approximate surface area is 109 Å². The zero-order chi connectivity index (χ0) is 13.8. The Morgan fingerprint density at radius 1 is 1.37 bits per heavy atom. The minimum Gasteiger partial charge on any atom is -0.326 e. The molecule has 1 N–H and O–H groups in total. The van der Waals surface area contributed by atoms with Gasteiger partial charge >= 0.3 is 0 Å². The van der Waals surface area contributed by atoms with Gasteiger partial charge in [-0.2, -0.15) is 5.10 Å². The fourth-order valence-corrected chi connectivity index (χ4v) is 1.66. The van der Waals surface area contributed by atoms with E-state index in [1.54, 1.807) is 17.9 Å². The van der Waals surface area contributed by atoms with Crippen molar-refractivity contribution in [1.29, 1.82) is 0 Å². The van der Waals surface area contributed by atoms with Crippen molar-refractivity contribution in [3.63, 3.8) is 0 Å². The Kier molecular flexibility index (Phi) is 3.89. The van der Waals surface area contributed by atoms with Crippen molar-refractivity contribution in [3.8, 4) is 0 Å². The SMILES string of the molecule is Cn1cc(CCC(=O)Nc2ccc(F)c(F)c2)cn1. The summed E-state index contributed by atoms with van der Waals surface area (Å²) in [6.45, 7) is 0. The Morgan fingerprint density at radius 3 is 2.79 bits per heavy atom. The second-order valence-corrected chi connectivity index (χ2v) is 4.20. The number of benzene rings is 1. The van der Waals surface area contributed by atoms with E-state index >= 15 is 0 Å². The number of nitrogens with zero attached hydrogens (tertiary/aromatic N) is 2. The van der Waals surface area contributed by atoms with Crippen molar-refractivity contribution < 1.29 is 13.6 Å². The summed E-state index contributed by atoms with van der Waals surface area (Å²) in [5, 5.41) is 6.51. The molecule has 0 saturated heterocycles. The van der Waals surface area contributed by atoms with Crippen molar-refractivity contribution in [3.05, 3.63) is 47.8 Å². The van der Waals surface area contributed by atoms with Gasteiger partial charge in [0.1, 0.15) is 0 Å². The van der Waals surface area contributed by atoms with E-state index in [9.17, 15) is 13.6 Å². The zero-order valence-electron chi connectivity index (χ0n) is 10.4. The first-order valence-corrected chi connectivity index (χ1v) is 5.77. The van der Waals surface area contributed by atoms with E-state index in [-0.39, 0.29) is 18.0 Å². The molecule has 1 aromatic heterocycles. The topological polar surface area (TPSA) is 46.9 Å². The third kappa shape index (κ3) is 3.61. The van der Waals surface area contributed by atoms with Crippen LogP contribution in [-0.4, -0.2) is 15.7 Å². The molecule has 0 bridgehead atoms. The molecule has 1 heterocycles. The van der Waals surface area contributed by atoms with Crippen LogP contribution in [0.2, 0.25) is 0 Å². The second-order valence-electron chi connectivity index (χ2n) is 4.20. The predicted molar refractivity (Wildman–Crippen MR) is 66.5 cm³/mol. The zero-order valence-corrected chi connectivity index (χ0v) is 10.4. The van der Waals surface area contributed by atoms with E-state index in [1.807, 2.05) is 6.20 Å². The van der Waals surface area contributed by atoms with Gasteiger partial charge in [0.2, 0.25) is 5.91 Å². The van der Waals surface area contributed by atoms with E-state index in [0.29, 0.717) is 6.42 Å². The van der Waals surface area contributed by atoms with Crippen LogP contribution >= 0.6 is 0 Å². The van der Waals surface area contributed by atoms with Gasteiger partial charge in [-0.25, -0.2) is 8.78 Å². The minimum atomic E-state index is -0.981. The summed E-state index contributed by atoms with van der Waals surface area (Å²) in [7, 11) is 1.80. The summed E-state index contributed by atoms with van der Waals surface area (Å²) in [5.74, 6) is -2.17. The van der Waals surface area contributed by atoms with Crippen LogP contribution in [0.3, 0.4) is 0 Å². The van der Waals surface area contributed by atoms with Crippen LogP contribution in [0.4, 0.5) is 14.5 Å². The number of amides is 1. The fourth-order valence-electron chi connectivity index (χ4n) is 1.66. The quantitative estimate of drug-likeness (QED) is 0.921. The molecule has 19 heavy (non-hydrogen) atoms. The Balaban J connectivity index is 1.88. The first-order valence-electron chi connectivity index (χ1n) is 5.77. The maximum atomic E-state index is 12.9. The Morgan fingerprint density at radius 2 is 2.16 bits per heavy atom. The number of hydrogen-bond donors (Lipinski definition) is 1. The molecule has 0 radical (unpaired) electrons. The van der Waals surface area contributed by atoms with Gasteiger partial charge in [-0.3, -0.25) is 9.48 Å². The number of hydrogen-bond acceptors (Lipinski definition) is 2. The van der Waals surface area contributed by atoms with Crippen molar-refractivity contribution in [2.45, 2.75) is 12.8 Å². The van der Waals surface area contributed by atoms with Crippen LogP contribution < -0.4 is 5.32 Å². The molecule has 0 atom stereocenters. The van der Waals surface area contributed by atoms with Crippen molar-refractivity contribution in [2.75, 3.05) is 5.32 Å². The molecule has 0 saturated carbocycles. The highest BCUT2D eigenvalue weighted by Gasteiger charge is 2.07. The fraction of sp³-hybridized carbons (Fsp3) is 0.231. The standard InChI is InChI=1S/C13H13F2N3O/c1-18-8-9(7-16-18)2-5-13(19)17-10-3-4-11(14)12(15)6-10/h3-4,6-8H,2,5H2,1H3,(H,17,19). The first-order chi connectivity index (χ1) is 9.04. The van der Waals surface area contributed by atoms with E-state index in [0.717, 1.165) is 17.7 Å². The van der Waals surface area contributed by atoms with Gasteiger partial charge in [0.15, 0.2) is 11.6 Å². The summed E-state index contributed by atoms with van der Waals surface area (Å²) >= 11 is 0. The van der Waals surface area contributed by atoms with E-state index in [1.165, 1.54) is 6.07 Å². The van der Waals surface area contributed by atoms with Crippen LogP contribution in [-0.2, 0) is 18.3 Å². The third-order valence-electron chi connectivity index (χ3n) is 2.60. The number of rotatable bonds is 4. The number of nitrogens with one attached hydrogen (secondary N) is 1. The molecule has 0 aliphatic rings. The van der Waals surface area contributed by atoms with E-state index in [4.69, 9.17) is 0 Å². The summed E-state index contributed by atoms with van der Waals surface area (Å²) in [6, 6.07) is 3.25. The molecule has 100 valence electrons. The molecule has 2 aromatic rings. The van der Waals surface area contributed by atoms with Gasteiger partial charge in [-0.1, -0.05) is 0 Å². The number of carbonyl (C=O) groups is 1. The highest BCUT2D eigenvalue weighted by Crippen LogP contribution is 2.13. The number of halogens is 2. The maximum Gasteiger partial charge on any atom is 0.224 e. The number of anilines is 1. The second kappa shape index (κ2) is 5.60. The Hall–Kier alpha value is -2.24. The van der Waals surface area contributed by atoms with Gasteiger partial charge < -0.3 is 5.32 Å². The van der Waals surface area contributed by atoms with Crippen molar-refractivity contribution in [1.82, 2.24) is 9.78 Å². The summed E-state index contributed by atoms with van der Waals surface area (Å²) in [5.41, 5.74) is 1.19. The van der Waals surface area contributed by atoms with E-state index in [2.05, 4.69) is 10.4 Å². The number of aromatic nitrogens is 2. The number of carbonyl (C=O) groups excluding carboxylic acids is 1. The monoisotopic (exact) mass is 265 g/mol. The van der Waals surface area contributed by atoms with Crippen molar-refractivity contribution in [2.24, 2.45) is 7.05 Å². The minimum absolute atomic E-state index is 0.245. The average Bonchev–Trinajstić information content (AvgIpc) is 2.77. The lowest BCUT2D eigenvalue weighted by molar-refractivity contribution is -0.116. The summed E-state index contributed by atoms with van der Waals surface area (Å²) < 4.78 is 27.3.